The molecule has 10 heteroatoms. The molecule has 1 heterocycles. The molecule has 0 aliphatic carbocycles. The lowest BCUT2D eigenvalue weighted by molar-refractivity contribution is -0.117. The van der Waals surface area contributed by atoms with E-state index in [2.05, 4.69) is 20.7 Å². The third-order valence-corrected chi connectivity index (χ3v) is 3.83. The summed E-state index contributed by atoms with van der Waals surface area (Å²) in [4.78, 5) is 24.5. The Kier molecular flexibility index (Phi) is 5.49. The molecular formula is C18H18N6O4. The van der Waals surface area contributed by atoms with Crippen LogP contribution in [0.4, 0.5) is 5.69 Å². The summed E-state index contributed by atoms with van der Waals surface area (Å²) in [7, 11) is 3.05. The van der Waals surface area contributed by atoms with Gasteiger partial charge < -0.3 is 20.5 Å². The maximum Gasteiger partial charge on any atom is 0.248 e. The fourth-order valence-corrected chi connectivity index (χ4v) is 2.45. The number of rotatable bonds is 7. The fourth-order valence-electron chi connectivity index (χ4n) is 2.45. The minimum absolute atomic E-state index is 0.124. The molecule has 1 aromatic heterocycles. The predicted octanol–water partition coefficient (Wildman–Crippen LogP) is 1.09. The van der Waals surface area contributed by atoms with Crippen molar-refractivity contribution in [2.45, 2.75) is 6.54 Å². The number of hydrogen-bond donors (Lipinski definition) is 2. The van der Waals surface area contributed by atoms with E-state index in [0.717, 1.165) is 0 Å². The van der Waals surface area contributed by atoms with E-state index in [1.807, 2.05) is 0 Å². The van der Waals surface area contributed by atoms with Crippen LogP contribution < -0.4 is 20.5 Å². The molecule has 0 fully saturated rings. The molecule has 0 saturated heterocycles. The first-order valence-electron chi connectivity index (χ1n) is 8.20. The van der Waals surface area contributed by atoms with E-state index >= 15 is 0 Å². The second kappa shape index (κ2) is 8.16. The van der Waals surface area contributed by atoms with Crippen LogP contribution in [0.3, 0.4) is 0 Å². The summed E-state index contributed by atoms with van der Waals surface area (Å²) in [5.41, 5.74) is 6.79. The first kappa shape index (κ1) is 18.8. The molecule has 3 N–H and O–H groups in total. The van der Waals surface area contributed by atoms with Gasteiger partial charge in [-0.3, -0.25) is 9.59 Å². The van der Waals surface area contributed by atoms with Gasteiger partial charge in [0.25, 0.3) is 0 Å². The number of benzene rings is 2. The lowest BCUT2D eigenvalue weighted by atomic mass is 10.1. The van der Waals surface area contributed by atoms with Crippen molar-refractivity contribution in [1.82, 2.24) is 20.2 Å². The van der Waals surface area contributed by atoms with Crippen molar-refractivity contribution in [2.75, 3.05) is 19.5 Å². The Balaban J connectivity index is 1.66. The maximum atomic E-state index is 12.2. The van der Waals surface area contributed by atoms with E-state index in [1.165, 1.54) is 19.0 Å². The topological polar surface area (TPSA) is 134 Å². The SMILES string of the molecule is COc1ccc(NC(=O)Cn2nnc(-c3ccc(C(N)=O)cc3)n2)cc1OC. The number of aromatic nitrogens is 4. The number of nitrogens with two attached hydrogens (primary N) is 1. The third kappa shape index (κ3) is 4.23. The molecule has 0 radical (unpaired) electrons. The van der Waals surface area contributed by atoms with Crippen LogP contribution in [0.5, 0.6) is 11.5 Å². The van der Waals surface area contributed by atoms with Crippen LogP contribution in [-0.4, -0.2) is 46.2 Å². The summed E-state index contributed by atoms with van der Waals surface area (Å²) < 4.78 is 10.4. The number of tetrazole rings is 1. The normalized spacial score (nSPS) is 10.4. The average molecular weight is 382 g/mol. The Hall–Kier alpha value is -3.95. The van der Waals surface area contributed by atoms with Crippen LogP contribution in [0, 0.1) is 0 Å². The van der Waals surface area contributed by atoms with E-state index in [-0.39, 0.29) is 12.5 Å². The van der Waals surface area contributed by atoms with Crippen LogP contribution in [0.25, 0.3) is 11.4 Å². The molecule has 3 rings (SSSR count). The molecule has 0 spiro atoms. The molecule has 28 heavy (non-hydrogen) atoms. The largest absolute Gasteiger partial charge is 0.493 e. The number of ether oxygens (including phenoxy) is 2. The molecule has 0 saturated carbocycles. The van der Waals surface area contributed by atoms with Gasteiger partial charge in [0.1, 0.15) is 6.54 Å². The summed E-state index contributed by atoms with van der Waals surface area (Å²) in [6, 6.07) is 11.5. The quantitative estimate of drug-likeness (QED) is 0.625. The molecule has 3 aromatic rings. The summed E-state index contributed by atoms with van der Waals surface area (Å²) in [5.74, 6) is 0.538. The van der Waals surface area contributed by atoms with Crippen molar-refractivity contribution in [3.05, 3.63) is 48.0 Å². The molecule has 2 amide bonds. The van der Waals surface area contributed by atoms with Crippen molar-refractivity contribution in [2.24, 2.45) is 5.73 Å². The van der Waals surface area contributed by atoms with Gasteiger partial charge in [-0.1, -0.05) is 12.1 Å². The zero-order valence-corrected chi connectivity index (χ0v) is 15.2. The molecule has 0 atom stereocenters. The predicted molar refractivity (Wildman–Crippen MR) is 99.9 cm³/mol. The molecule has 0 aliphatic heterocycles. The molecular weight excluding hydrogens is 364 g/mol. The first-order valence-corrected chi connectivity index (χ1v) is 8.20. The standard InChI is InChI=1S/C18H18N6O4/c1-27-14-8-7-13(9-15(14)28-2)20-16(25)10-24-22-18(21-23-24)12-5-3-11(4-6-12)17(19)26/h3-9H,10H2,1-2H3,(H2,19,26)(H,20,25). The number of carbonyl (C=O) groups is 2. The van der Waals surface area contributed by atoms with Crippen LogP contribution in [0.15, 0.2) is 42.5 Å². The Labute approximate surface area is 160 Å². The monoisotopic (exact) mass is 382 g/mol. The van der Waals surface area contributed by atoms with E-state index < -0.39 is 5.91 Å². The smallest absolute Gasteiger partial charge is 0.248 e. The van der Waals surface area contributed by atoms with Crippen LogP contribution in [0.2, 0.25) is 0 Å². The first-order chi connectivity index (χ1) is 13.5. The minimum atomic E-state index is -0.519. The average Bonchev–Trinajstić information content (AvgIpc) is 3.16. The van der Waals surface area contributed by atoms with E-state index in [1.54, 1.807) is 42.5 Å². The molecule has 0 unspecified atom stereocenters. The van der Waals surface area contributed by atoms with E-state index in [0.29, 0.717) is 34.1 Å². The van der Waals surface area contributed by atoms with Crippen molar-refractivity contribution in [1.29, 1.82) is 0 Å². The fraction of sp³-hybridized carbons (Fsp3) is 0.167. The van der Waals surface area contributed by atoms with Gasteiger partial charge >= 0.3 is 0 Å². The highest BCUT2D eigenvalue weighted by atomic mass is 16.5. The highest BCUT2D eigenvalue weighted by Crippen LogP contribution is 2.29. The second-order valence-corrected chi connectivity index (χ2v) is 5.70. The maximum absolute atomic E-state index is 12.2. The van der Waals surface area contributed by atoms with Gasteiger partial charge in [-0.15, -0.1) is 10.2 Å². The number of nitrogens with one attached hydrogen (secondary N) is 1. The number of anilines is 1. The van der Waals surface area contributed by atoms with Crippen LogP contribution in [-0.2, 0) is 11.3 Å². The van der Waals surface area contributed by atoms with Crippen LogP contribution in [0.1, 0.15) is 10.4 Å². The van der Waals surface area contributed by atoms with Gasteiger partial charge in [-0.25, -0.2) is 0 Å². The van der Waals surface area contributed by atoms with Gasteiger partial charge in [0.2, 0.25) is 17.6 Å². The Morgan fingerprint density at radius 2 is 1.79 bits per heavy atom. The second-order valence-electron chi connectivity index (χ2n) is 5.70. The lowest BCUT2D eigenvalue weighted by Crippen LogP contribution is -2.20. The van der Waals surface area contributed by atoms with Crippen molar-refractivity contribution in [3.63, 3.8) is 0 Å². The highest BCUT2D eigenvalue weighted by Gasteiger charge is 2.12. The molecule has 144 valence electrons. The van der Waals surface area contributed by atoms with Crippen molar-refractivity contribution >= 4 is 17.5 Å². The van der Waals surface area contributed by atoms with Gasteiger partial charge in [0.15, 0.2) is 11.5 Å². The zero-order chi connectivity index (χ0) is 20.1. The summed E-state index contributed by atoms with van der Waals surface area (Å²) in [6.07, 6.45) is 0. The number of hydrogen-bond acceptors (Lipinski definition) is 7. The van der Waals surface area contributed by atoms with E-state index in [4.69, 9.17) is 15.2 Å². The summed E-state index contributed by atoms with van der Waals surface area (Å²) >= 11 is 0. The van der Waals surface area contributed by atoms with E-state index in [9.17, 15) is 9.59 Å². The Morgan fingerprint density at radius 3 is 2.43 bits per heavy atom. The number of methoxy groups -OCH3 is 2. The Bertz CT molecular complexity index is 1000. The number of carbonyl (C=O) groups excluding carboxylic acids is 2. The van der Waals surface area contributed by atoms with Crippen LogP contribution >= 0.6 is 0 Å². The lowest BCUT2D eigenvalue weighted by Gasteiger charge is -2.10. The van der Waals surface area contributed by atoms with Gasteiger partial charge in [0.05, 0.1) is 14.2 Å². The Morgan fingerprint density at radius 1 is 1.07 bits per heavy atom. The highest BCUT2D eigenvalue weighted by molar-refractivity contribution is 5.93. The van der Waals surface area contributed by atoms with Gasteiger partial charge in [0, 0.05) is 22.9 Å². The molecule has 0 bridgehead atoms. The van der Waals surface area contributed by atoms with Gasteiger partial charge in [-0.2, -0.15) is 4.80 Å². The summed E-state index contributed by atoms with van der Waals surface area (Å²) in [6.45, 7) is -0.124. The number of primary amides is 1. The summed E-state index contributed by atoms with van der Waals surface area (Å²) in [5, 5.41) is 14.7. The molecule has 2 aromatic carbocycles. The van der Waals surface area contributed by atoms with Gasteiger partial charge in [-0.05, 0) is 29.5 Å². The third-order valence-electron chi connectivity index (χ3n) is 3.83. The zero-order valence-electron chi connectivity index (χ0n) is 15.2. The molecule has 0 aliphatic rings. The van der Waals surface area contributed by atoms with Crippen molar-refractivity contribution in [3.8, 4) is 22.9 Å². The number of nitrogens with zero attached hydrogens (tertiary/aromatic N) is 4. The van der Waals surface area contributed by atoms with Crippen molar-refractivity contribution < 1.29 is 19.1 Å². The molecule has 10 nitrogen and oxygen atoms in total. The minimum Gasteiger partial charge on any atom is -0.493 e. The number of amides is 2.